The van der Waals surface area contributed by atoms with Crippen molar-refractivity contribution in [1.29, 1.82) is 0 Å². The van der Waals surface area contributed by atoms with E-state index in [4.69, 9.17) is 9.47 Å². The van der Waals surface area contributed by atoms with Crippen molar-refractivity contribution in [3.05, 3.63) is 99.9 Å². The summed E-state index contributed by atoms with van der Waals surface area (Å²) in [5.74, 6) is -0.426. The summed E-state index contributed by atoms with van der Waals surface area (Å²) >= 11 is 0. The number of halogens is 1. The molecule has 1 N–H and O–H groups in total. The van der Waals surface area contributed by atoms with Crippen LogP contribution in [0.2, 0.25) is 0 Å². The van der Waals surface area contributed by atoms with Gasteiger partial charge in [0, 0.05) is 24.0 Å². The van der Waals surface area contributed by atoms with Crippen LogP contribution in [0.5, 0.6) is 11.5 Å². The van der Waals surface area contributed by atoms with Crippen molar-refractivity contribution in [2.24, 2.45) is 0 Å². The number of pyridine rings is 1. The summed E-state index contributed by atoms with van der Waals surface area (Å²) in [5, 5.41) is 2.70. The molecule has 0 fully saturated rings. The van der Waals surface area contributed by atoms with E-state index in [0.717, 1.165) is 11.1 Å². The molecule has 1 amide bonds. The van der Waals surface area contributed by atoms with E-state index >= 15 is 0 Å². The Morgan fingerprint density at radius 1 is 1.00 bits per heavy atom. The molecule has 0 atom stereocenters. The summed E-state index contributed by atoms with van der Waals surface area (Å²) in [5.41, 5.74) is 3.13. The molecule has 0 saturated heterocycles. The SMILES string of the molecule is Cc1ccc(NC(=O)COc2ccccc2F)cc1OCc1cc(=O)n2cccc(C)c2n1. The van der Waals surface area contributed by atoms with E-state index in [1.807, 2.05) is 19.9 Å². The number of rotatable bonds is 7. The number of para-hydroxylation sites is 1. The van der Waals surface area contributed by atoms with E-state index in [9.17, 15) is 14.0 Å². The first-order chi connectivity index (χ1) is 15.9. The zero-order chi connectivity index (χ0) is 23.4. The molecule has 2 heterocycles. The second-order valence-corrected chi connectivity index (χ2v) is 7.51. The lowest BCUT2D eigenvalue weighted by Crippen LogP contribution is -2.20. The number of hydrogen-bond donors (Lipinski definition) is 1. The molecule has 0 bridgehead atoms. The summed E-state index contributed by atoms with van der Waals surface area (Å²) in [4.78, 5) is 29.1. The molecule has 0 aliphatic carbocycles. The quantitative estimate of drug-likeness (QED) is 0.462. The fraction of sp³-hybridized carbons (Fsp3) is 0.160. The van der Waals surface area contributed by atoms with Crippen LogP contribution in [-0.4, -0.2) is 21.9 Å². The molecule has 8 heteroatoms. The Morgan fingerprint density at radius 3 is 2.64 bits per heavy atom. The molecular formula is C25H22FN3O4. The van der Waals surface area contributed by atoms with Crippen LogP contribution in [0, 0.1) is 19.7 Å². The van der Waals surface area contributed by atoms with Crippen LogP contribution < -0.4 is 20.3 Å². The van der Waals surface area contributed by atoms with Gasteiger partial charge in [-0.15, -0.1) is 0 Å². The molecule has 7 nitrogen and oxygen atoms in total. The predicted molar refractivity (Wildman–Crippen MR) is 122 cm³/mol. The maximum Gasteiger partial charge on any atom is 0.262 e. The number of nitrogens with one attached hydrogen (secondary N) is 1. The van der Waals surface area contributed by atoms with Gasteiger partial charge < -0.3 is 14.8 Å². The molecule has 0 saturated carbocycles. The molecule has 0 unspecified atom stereocenters. The van der Waals surface area contributed by atoms with Gasteiger partial charge in [0.15, 0.2) is 18.2 Å². The minimum Gasteiger partial charge on any atom is -0.487 e. The number of fused-ring (bicyclic) bond motifs is 1. The Balaban J connectivity index is 1.43. The van der Waals surface area contributed by atoms with Crippen molar-refractivity contribution in [3.63, 3.8) is 0 Å². The van der Waals surface area contributed by atoms with Gasteiger partial charge in [-0.25, -0.2) is 9.37 Å². The first-order valence-corrected chi connectivity index (χ1v) is 10.3. The third-order valence-corrected chi connectivity index (χ3v) is 4.98. The van der Waals surface area contributed by atoms with E-state index in [0.29, 0.717) is 22.8 Å². The number of aryl methyl sites for hydroxylation is 2. The zero-order valence-corrected chi connectivity index (χ0v) is 18.2. The first-order valence-electron chi connectivity index (χ1n) is 10.3. The van der Waals surface area contributed by atoms with Gasteiger partial charge in [-0.3, -0.25) is 14.0 Å². The van der Waals surface area contributed by atoms with Gasteiger partial charge in [-0.05, 0) is 49.2 Å². The largest absolute Gasteiger partial charge is 0.487 e. The highest BCUT2D eigenvalue weighted by atomic mass is 19.1. The normalized spacial score (nSPS) is 10.8. The average molecular weight is 447 g/mol. The minimum atomic E-state index is -0.534. The van der Waals surface area contributed by atoms with Crippen molar-refractivity contribution in [3.8, 4) is 11.5 Å². The van der Waals surface area contributed by atoms with Crippen LogP contribution in [-0.2, 0) is 11.4 Å². The van der Waals surface area contributed by atoms with Crippen LogP contribution in [0.4, 0.5) is 10.1 Å². The van der Waals surface area contributed by atoms with Crippen LogP contribution in [0.15, 0.2) is 71.7 Å². The molecule has 4 aromatic rings. The molecule has 0 radical (unpaired) electrons. The Bertz CT molecular complexity index is 1380. The summed E-state index contributed by atoms with van der Waals surface area (Å²) in [6.07, 6.45) is 1.68. The number of carbonyl (C=O) groups excluding carboxylic acids is 1. The monoisotopic (exact) mass is 447 g/mol. The predicted octanol–water partition coefficient (Wildman–Crippen LogP) is 4.05. The lowest BCUT2D eigenvalue weighted by Gasteiger charge is -2.13. The lowest BCUT2D eigenvalue weighted by atomic mass is 10.2. The van der Waals surface area contributed by atoms with Crippen LogP contribution in [0.25, 0.3) is 5.65 Å². The topological polar surface area (TPSA) is 81.9 Å². The lowest BCUT2D eigenvalue weighted by molar-refractivity contribution is -0.118. The molecular weight excluding hydrogens is 425 g/mol. The number of carbonyl (C=O) groups is 1. The Labute approximate surface area is 189 Å². The summed E-state index contributed by atoms with van der Waals surface area (Å²) in [6, 6.07) is 16.2. The number of anilines is 1. The fourth-order valence-corrected chi connectivity index (χ4v) is 3.27. The molecule has 168 valence electrons. The smallest absolute Gasteiger partial charge is 0.262 e. The van der Waals surface area contributed by atoms with Crippen LogP contribution in [0.3, 0.4) is 0 Å². The Morgan fingerprint density at radius 2 is 1.82 bits per heavy atom. The van der Waals surface area contributed by atoms with Crippen molar-refractivity contribution in [2.75, 3.05) is 11.9 Å². The molecule has 4 rings (SSSR count). The van der Waals surface area contributed by atoms with Crippen LogP contribution in [0.1, 0.15) is 16.8 Å². The maximum absolute atomic E-state index is 13.6. The standard InChI is InChI=1S/C25H22FN3O4/c1-16-9-10-18(27-23(30)15-33-21-8-4-3-7-20(21)26)12-22(16)32-14-19-13-24(31)29-11-5-6-17(2)25(29)28-19/h3-13H,14-15H2,1-2H3,(H,27,30). The summed E-state index contributed by atoms with van der Waals surface area (Å²) in [7, 11) is 0. The Hall–Kier alpha value is -4.20. The summed E-state index contributed by atoms with van der Waals surface area (Å²) < 4.78 is 26.2. The highest BCUT2D eigenvalue weighted by molar-refractivity contribution is 5.92. The van der Waals surface area contributed by atoms with E-state index < -0.39 is 11.7 Å². The molecule has 0 aliphatic heterocycles. The number of amides is 1. The zero-order valence-electron chi connectivity index (χ0n) is 18.2. The van der Waals surface area contributed by atoms with Gasteiger partial charge in [-0.2, -0.15) is 0 Å². The van der Waals surface area contributed by atoms with E-state index in [2.05, 4.69) is 10.3 Å². The third-order valence-electron chi connectivity index (χ3n) is 4.98. The number of nitrogens with zero attached hydrogens (tertiary/aromatic N) is 2. The highest BCUT2D eigenvalue weighted by Crippen LogP contribution is 2.24. The van der Waals surface area contributed by atoms with Crippen molar-refractivity contribution in [2.45, 2.75) is 20.5 Å². The second-order valence-electron chi connectivity index (χ2n) is 7.51. The van der Waals surface area contributed by atoms with Crippen molar-refractivity contribution < 1.29 is 18.7 Å². The van der Waals surface area contributed by atoms with Crippen LogP contribution >= 0.6 is 0 Å². The fourth-order valence-electron chi connectivity index (χ4n) is 3.27. The van der Waals surface area contributed by atoms with Gasteiger partial charge in [0.1, 0.15) is 18.0 Å². The summed E-state index contributed by atoms with van der Waals surface area (Å²) in [6.45, 7) is 3.51. The van der Waals surface area contributed by atoms with Gasteiger partial charge >= 0.3 is 0 Å². The maximum atomic E-state index is 13.6. The molecule has 2 aromatic carbocycles. The third kappa shape index (κ3) is 5.17. The van der Waals surface area contributed by atoms with Gasteiger partial charge in [0.2, 0.25) is 0 Å². The number of benzene rings is 2. The molecule has 0 spiro atoms. The van der Waals surface area contributed by atoms with Crippen molar-refractivity contribution >= 4 is 17.2 Å². The number of hydrogen-bond acceptors (Lipinski definition) is 5. The van der Waals surface area contributed by atoms with Crippen molar-refractivity contribution in [1.82, 2.24) is 9.38 Å². The number of ether oxygens (including phenoxy) is 2. The van der Waals surface area contributed by atoms with Gasteiger partial charge in [-0.1, -0.05) is 24.3 Å². The van der Waals surface area contributed by atoms with E-state index in [1.54, 1.807) is 42.6 Å². The highest BCUT2D eigenvalue weighted by Gasteiger charge is 2.10. The number of aromatic nitrogens is 2. The van der Waals surface area contributed by atoms with E-state index in [-0.39, 0.29) is 24.5 Å². The van der Waals surface area contributed by atoms with Gasteiger partial charge in [0.05, 0.1) is 5.69 Å². The van der Waals surface area contributed by atoms with E-state index in [1.165, 1.54) is 22.6 Å². The minimum absolute atomic E-state index is 0.00889. The second kappa shape index (κ2) is 9.52. The molecule has 33 heavy (non-hydrogen) atoms. The molecule has 2 aromatic heterocycles. The average Bonchev–Trinajstić information content (AvgIpc) is 2.79. The molecule has 0 aliphatic rings. The Kier molecular flexibility index (Phi) is 6.35. The first kappa shape index (κ1) is 22.0. The van der Waals surface area contributed by atoms with Gasteiger partial charge in [0.25, 0.3) is 11.5 Å².